The van der Waals surface area contributed by atoms with Crippen LogP contribution in [0.15, 0.2) is 29.2 Å². The fourth-order valence-electron chi connectivity index (χ4n) is 2.37. The first-order valence-electron chi connectivity index (χ1n) is 9.32. The molecule has 0 radical (unpaired) electrons. The minimum atomic E-state index is -3.49. The van der Waals surface area contributed by atoms with Crippen LogP contribution in [-0.2, 0) is 26.1 Å². The number of benzene rings is 1. The van der Waals surface area contributed by atoms with Crippen molar-refractivity contribution in [3.63, 3.8) is 0 Å². The molecule has 0 heterocycles. The Labute approximate surface area is 167 Å². The fraction of sp³-hybridized carbons (Fsp3) is 0.579. The lowest BCUT2D eigenvalue weighted by atomic mass is 10.2. The molecule has 0 atom stereocenters. The van der Waals surface area contributed by atoms with Crippen molar-refractivity contribution in [2.75, 3.05) is 19.6 Å². The Balaban J connectivity index is 2.47. The third-order valence-electron chi connectivity index (χ3n) is 3.78. The van der Waals surface area contributed by atoms with Crippen molar-refractivity contribution in [2.24, 2.45) is 0 Å². The fourth-order valence-corrected chi connectivity index (χ4v) is 3.83. The summed E-state index contributed by atoms with van der Waals surface area (Å²) in [6.07, 6.45) is -0.446. The summed E-state index contributed by atoms with van der Waals surface area (Å²) in [4.78, 5) is 23.6. The van der Waals surface area contributed by atoms with Crippen LogP contribution in [0.3, 0.4) is 0 Å². The monoisotopic (exact) mass is 413 g/mol. The van der Waals surface area contributed by atoms with Crippen LogP contribution in [0.25, 0.3) is 0 Å². The molecule has 0 aliphatic rings. The summed E-state index contributed by atoms with van der Waals surface area (Å²) in [5.41, 5.74) is 0.198. The molecule has 0 bridgehead atoms. The van der Waals surface area contributed by atoms with Crippen molar-refractivity contribution in [3.8, 4) is 0 Å². The van der Waals surface area contributed by atoms with Crippen LogP contribution < -0.4 is 10.6 Å². The van der Waals surface area contributed by atoms with E-state index in [1.807, 2.05) is 0 Å². The highest BCUT2D eigenvalue weighted by molar-refractivity contribution is 7.89. The van der Waals surface area contributed by atoms with Crippen LogP contribution in [0.5, 0.6) is 0 Å². The zero-order chi connectivity index (χ0) is 21.4. The molecule has 0 unspecified atom stereocenters. The number of hydrogen-bond donors (Lipinski definition) is 2. The number of hydrogen-bond acceptors (Lipinski definition) is 5. The van der Waals surface area contributed by atoms with Crippen LogP contribution in [0.4, 0.5) is 4.79 Å². The Kier molecular flexibility index (Phi) is 8.90. The Morgan fingerprint density at radius 1 is 1.04 bits per heavy atom. The van der Waals surface area contributed by atoms with Gasteiger partial charge in [-0.2, -0.15) is 4.31 Å². The van der Waals surface area contributed by atoms with Gasteiger partial charge in [-0.3, -0.25) is 4.79 Å². The number of ether oxygens (including phenoxy) is 1. The number of nitrogens with one attached hydrogen (secondary N) is 2. The van der Waals surface area contributed by atoms with Crippen molar-refractivity contribution >= 4 is 22.0 Å². The molecule has 158 valence electrons. The third kappa shape index (κ3) is 7.85. The number of nitrogens with zero attached hydrogens (tertiary/aromatic N) is 1. The first-order chi connectivity index (χ1) is 13.0. The van der Waals surface area contributed by atoms with Gasteiger partial charge in [-0.15, -0.1) is 0 Å². The van der Waals surface area contributed by atoms with Crippen LogP contribution in [-0.4, -0.2) is 50.0 Å². The van der Waals surface area contributed by atoms with E-state index < -0.39 is 21.7 Å². The van der Waals surface area contributed by atoms with E-state index in [4.69, 9.17) is 4.74 Å². The van der Waals surface area contributed by atoms with E-state index in [1.165, 1.54) is 4.31 Å². The number of alkyl carbamates (subject to hydrolysis) is 1. The molecule has 0 aliphatic carbocycles. The Morgan fingerprint density at radius 2 is 1.61 bits per heavy atom. The van der Waals surface area contributed by atoms with Gasteiger partial charge in [0.2, 0.25) is 15.9 Å². The average molecular weight is 414 g/mol. The highest BCUT2D eigenvalue weighted by Crippen LogP contribution is 2.16. The minimum Gasteiger partial charge on any atom is -0.444 e. The summed E-state index contributed by atoms with van der Waals surface area (Å²) < 4.78 is 31.4. The van der Waals surface area contributed by atoms with Crippen LogP contribution in [0, 0.1) is 0 Å². The SMILES string of the molecule is CCN(CC)S(=O)(=O)c1ccc(CNC(=O)CCNC(=O)OC(C)(C)C)cc1. The molecule has 0 aromatic heterocycles. The predicted molar refractivity (Wildman–Crippen MR) is 107 cm³/mol. The second-order valence-corrected chi connectivity index (χ2v) is 9.13. The van der Waals surface area contributed by atoms with Crippen molar-refractivity contribution in [1.29, 1.82) is 0 Å². The van der Waals surface area contributed by atoms with Crippen molar-refractivity contribution in [3.05, 3.63) is 29.8 Å². The summed E-state index contributed by atoms with van der Waals surface area (Å²) >= 11 is 0. The molecule has 2 amide bonds. The van der Waals surface area contributed by atoms with E-state index in [1.54, 1.807) is 58.9 Å². The van der Waals surface area contributed by atoms with Gasteiger partial charge in [-0.1, -0.05) is 26.0 Å². The van der Waals surface area contributed by atoms with Crippen molar-refractivity contribution < 1.29 is 22.7 Å². The number of carbonyl (C=O) groups excluding carboxylic acids is 2. The van der Waals surface area contributed by atoms with Crippen LogP contribution in [0.1, 0.15) is 46.6 Å². The summed E-state index contributed by atoms with van der Waals surface area (Å²) in [6.45, 7) is 10.1. The van der Waals surface area contributed by atoms with Crippen molar-refractivity contribution in [2.45, 2.75) is 58.1 Å². The molecular weight excluding hydrogens is 382 g/mol. The van der Waals surface area contributed by atoms with Crippen molar-refractivity contribution in [1.82, 2.24) is 14.9 Å². The topological polar surface area (TPSA) is 105 Å². The van der Waals surface area contributed by atoms with Crippen LogP contribution in [0.2, 0.25) is 0 Å². The maximum Gasteiger partial charge on any atom is 0.407 e. The largest absolute Gasteiger partial charge is 0.444 e. The zero-order valence-corrected chi connectivity index (χ0v) is 18.1. The summed E-state index contributed by atoms with van der Waals surface area (Å²) in [5.74, 6) is -0.226. The van der Waals surface area contributed by atoms with Gasteiger partial charge < -0.3 is 15.4 Å². The maximum absolute atomic E-state index is 12.4. The number of sulfonamides is 1. The van der Waals surface area contributed by atoms with Gasteiger partial charge in [0.15, 0.2) is 0 Å². The van der Waals surface area contributed by atoms with Gasteiger partial charge in [0.25, 0.3) is 0 Å². The number of amides is 2. The first kappa shape index (κ1) is 23.9. The lowest BCUT2D eigenvalue weighted by Gasteiger charge is -2.19. The maximum atomic E-state index is 12.4. The van der Waals surface area contributed by atoms with E-state index in [0.717, 1.165) is 5.56 Å². The molecular formula is C19H31N3O5S. The smallest absolute Gasteiger partial charge is 0.407 e. The third-order valence-corrected chi connectivity index (χ3v) is 5.84. The molecule has 1 aromatic rings. The minimum absolute atomic E-state index is 0.119. The standard InChI is InChI=1S/C19H31N3O5S/c1-6-22(7-2)28(25,26)16-10-8-15(9-11-16)14-21-17(23)12-13-20-18(24)27-19(3,4)5/h8-11H,6-7,12-14H2,1-5H3,(H,20,24)(H,21,23). The summed E-state index contributed by atoms with van der Waals surface area (Å²) in [5, 5.41) is 5.25. The van der Waals surface area contributed by atoms with E-state index in [-0.39, 0.29) is 30.3 Å². The predicted octanol–water partition coefficient (Wildman–Crippen LogP) is 2.25. The van der Waals surface area contributed by atoms with Gasteiger partial charge in [0.05, 0.1) is 4.90 Å². The molecule has 0 fully saturated rings. The molecule has 8 nitrogen and oxygen atoms in total. The molecule has 0 aliphatic heterocycles. The van der Waals surface area contributed by atoms with E-state index >= 15 is 0 Å². The number of carbonyl (C=O) groups is 2. The van der Waals surface area contributed by atoms with E-state index in [9.17, 15) is 18.0 Å². The quantitative estimate of drug-likeness (QED) is 0.646. The molecule has 1 aromatic carbocycles. The summed E-state index contributed by atoms with van der Waals surface area (Å²) in [6, 6.07) is 6.43. The molecule has 1 rings (SSSR count). The van der Waals surface area contributed by atoms with E-state index in [0.29, 0.717) is 13.1 Å². The molecule has 2 N–H and O–H groups in total. The first-order valence-corrected chi connectivity index (χ1v) is 10.8. The zero-order valence-electron chi connectivity index (χ0n) is 17.2. The lowest BCUT2D eigenvalue weighted by Crippen LogP contribution is -2.35. The second-order valence-electron chi connectivity index (χ2n) is 7.19. The molecule has 28 heavy (non-hydrogen) atoms. The molecule has 0 saturated carbocycles. The Morgan fingerprint density at radius 3 is 2.11 bits per heavy atom. The molecule has 0 spiro atoms. The molecule has 0 saturated heterocycles. The van der Waals surface area contributed by atoms with Gasteiger partial charge >= 0.3 is 6.09 Å². The van der Waals surface area contributed by atoms with E-state index in [2.05, 4.69) is 10.6 Å². The van der Waals surface area contributed by atoms with Gasteiger partial charge in [0, 0.05) is 32.6 Å². The normalized spacial score (nSPS) is 11.9. The highest BCUT2D eigenvalue weighted by Gasteiger charge is 2.21. The Hall–Kier alpha value is -2.13. The summed E-state index contributed by atoms with van der Waals surface area (Å²) in [7, 11) is -3.49. The van der Waals surface area contributed by atoms with Gasteiger partial charge in [-0.05, 0) is 38.5 Å². The second kappa shape index (κ2) is 10.4. The highest BCUT2D eigenvalue weighted by atomic mass is 32.2. The van der Waals surface area contributed by atoms with Gasteiger partial charge in [0.1, 0.15) is 5.60 Å². The lowest BCUT2D eigenvalue weighted by molar-refractivity contribution is -0.121. The van der Waals surface area contributed by atoms with Crippen LogP contribution >= 0.6 is 0 Å². The number of rotatable bonds is 9. The van der Waals surface area contributed by atoms with Gasteiger partial charge in [-0.25, -0.2) is 13.2 Å². The Bertz CT molecular complexity index is 751. The average Bonchev–Trinajstić information content (AvgIpc) is 2.59. The molecule has 9 heteroatoms.